The minimum Gasteiger partial charge on any atom is -0.311 e. The third kappa shape index (κ3) is 2.67. The SMILES string of the molecule is CCN1CCC(Cc2nnc3n2C(N)CCC3)CC1. The van der Waals surface area contributed by atoms with Crippen molar-refractivity contribution in [2.24, 2.45) is 11.7 Å². The van der Waals surface area contributed by atoms with E-state index in [0.717, 1.165) is 43.3 Å². The molecule has 5 heteroatoms. The van der Waals surface area contributed by atoms with E-state index in [9.17, 15) is 0 Å². The van der Waals surface area contributed by atoms with Gasteiger partial charge in [0.1, 0.15) is 11.6 Å². The van der Waals surface area contributed by atoms with Gasteiger partial charge in [-0.2, -0.15) is 0 Å². The van der Waals surface area contributed by atoms with Crippen molar-refractivity contribution in [1.29, 1.82) is 0 Å². The molecule has 1 saturated heterocycles. The Balaban J connectivity index is 1.66. The summed E-state index contributed by atoms with van der Waals surface area (Å²) in [6, 6.07) is 0. The smallest absolute Gasteiger partial charge is 0.134 e. The molecule has 0 amide bonds. The molecule has 1 aromatic heterocycles. The maximum atomic E-state index is 6.22. The van der Waals surface area contributed by atoms with E-state index in [4.69, 9.17) is 5.73 Å². The van der Waals surface area contributed by atoms with Crippen molar-refractivity contribution in [2.45, 2.75) is 51.6 Å². The van der Waals surface area contributed by atoms with Crippen molar-refractivity contribution in [3.63, 3.8) is 0 Å². The van der Waals surface area contributed by atoms with E-state index in [1.807, 2.05) is 0 Å². The molecule has 3 heterocycles. The zero-order valence-electron chi connectivity index (χ0n) is 11.9. The second-order valence-corrected chi connectivity index (χ2v) is 5.94. The molecule has 0 radical (unpaired) electrons. The first-order valence-electron chi connectivity index (χ1n) is 7.68. The van der Waals surface area contributed by atoms with Gasteiger partial charge < -0.3 is 10.6 Å². The average molecular weight is 263 g/mol. The molecule has 0 aliphatic carbocycles. The van der Waals surface area contributed by atoms with Crippen molar-refractivity contribution in [3.8, 4) is 0 Å². The molecule has 1 aromatic rings. The molecule has 1 atom stereocenters. The van der Waals surface area contributed by atoms with Crippen LogP contribution in [0.15, 0.2) is 0 Å². The minimum absolute atomic E-state index is 0.101. The van der Waals surface area contributed by atoms with Gasteiger partial charge in [-0.05, 0) is 51.2 Å². The molecule has 1 unspecified atom stereocenters. The summed E-state index contributed by atoms with van der Waals surface area (Å²) in [5, 5.41) is 8.73. The van der Waals surface area contributed by atoms with Gasteiger partial charge in [-0.3, -0.25) is 4.57 Å². The number of fused-ring (bicyclic) bond motifs is 1. The molecule has 0 bridgehead atoms. The summed E-state index contributed by atoms with van der Waals surface area (Å²) in [7, 11) is 0. The van der Waals surface area contributed by atoms with Crippen molar-refractivity contribution in [2.75, 3.05) is 19.6 Å². The number of rotatable bonds is 3. The predicted molar refractivity (Wildman–Crippen MR) is 74.7 cm³/mol. The standard InChI is InChI=1S/C14H25N5/c1-2-18-8-6-11(7-9-18)10-14-17-16-13-5-3-4-12(15)19(13)14/h11-12H,2-10,15H2,1H3. The number of likely N-dealkylation sites (tertiary alicyclic amines) is 1. The first kappa shape index (κ1) is 13.1. The van der Waals surface area contributed by atoms with Gasteiger partial charge in [-0.1, -0.05) is 6.92 Å². The van der Waals surface area contributed by atoms with Gasteiger partial charge in [0.2, 0.25) is 0 Å². The lowest BCUT2D eigenvalue weighted by atomic mass is 9.93. The normalized spacial score (nSPS) is 25.5. The van der Waals surface area contributed by atoms with Gasteiger partial charge in [-0.15, -0.1) is 10.2 Å². The monoisotopic (exact) mass is 263 g/mol. The highest BCUT2D eigenvalue weighted by Gasteiger charge is 2.25. The number of aromatic nitrogens is 3. The van der Waals surface area contributed by atoms with Crippen molar-refractivity contribution < 1.29 is 0 Å². The van der Waals surface area contributed by atoms with Crippen LogP contribution in [-0.4, -0.2) is 39.3 Å². The fourth-order valence-corrected chi connectivity index (χ4v) is 3.42. The summed E-state index contributed by atoms with van der Waals surface area (Å²) >= 11 is 0. The van der Waals surface area contributed by atoms with Gasteiger partial charge in [0.05, 0.1) is 6.17 Å². The van der Waals surface area contributed by atoms with E-state index in [1.54, 1.807) is 0 Å². The fraction of sp³-hybridized carbons (Fsp3) is 0.857. The molecule has 1 fully saturated rings. The number of aryl methyl sites for hydroxylation is 1. The lowest BCUT2D eigenvalue weighted by Gasteiger charge is -2.31. The molecular formula is C14H25N5. The second kappa shape index (κ2) is 5.59. The van der Waals surface area contributed by atoms with Crippen LogP contribution in [0.4, 0.5) is 0 Å². The van der Waals surface area contributed by atoms with Crippen molar-refractivity contribution >= 4 is 0 Å². The first-order valence-corrected chi connectivity index (χ1v) is 7.68. The van der Waals surface area contributed by atoms with Crippen molar-refractivity contribution in [1.82, 2.24) is 19.7 Å². The molecule has 5 nitrogen and oxygen atoms in total. The molecular weight excluding hydrogens is 238 g/mol. The Kier molecular flexibility index (Phi) is 3.84. The summed E-state index contributed by atoms with van der Waals surface area (Å²) in [6.07, 6.45) is 6.97. The van der Waals surface area contributed by atoms with Gasteiger partial charge in [0, 0.05) is 12.8 Å². The highest BCUT2D eigenvalue weighted by Crippen LogP contribution is 2.25. The predicted octanol–water partition coefficient (Wildman–Crippen LogP) is 1.35. The first-order chi connectivity index (χ1) is 9.28. The maximum Gasteiger partial charge on any atom is 0.134 e. The lowest BCUT2D eigenvalue weighted by molar-refractivity contribution is 0.189. The van der Waals surface area contributed by atoms with E-state index < -0.39 is 0 Å². The Morgan fingerprint density at radius 1 is 1.21 bits per heavy atom. The molecule has 19 heavy (non-hydrogen) atoms. The van der Waals surface area contributed by atoms with Crippen molar-refractivity contribution in [3.05, 3.63) is 11.6 Å². The largest absolute Gasteiger partial charge is 0.311 e. The lowest BCUT2D eigenvalue weighted by Crippen LogP contribution is -2.34. The van der Waals surface area contributed by atoms with E-state index in [-0.39, 0.29) is 6.17 Å². The molecule has 2 aliphatic heterocycles. The third-order valence-electron chi connectivity index (χ3n) is 4.69. The van der Waals surface area contributed by atoms with Crippen LogP contribution in [0.3, 0.4) is 0 Å². The van der Waals surface area contributed by atoms with Gasteiger partial charge in [0.15, 0.2) is 0 Å². The summed E-state index contributed by atoms with van der Waals surface area (Å²) < 4.78 is 2.20. The number of hydrogen-bond acceptors (Lipinski definition) is 4. The Morgan fingerprint density at radius 2 is 2.00 bits per heavy atom. The summed E-state index contributed by atoms with van der Waals surface area (Å²) in [6.45, 7) is 5.88. The van der Waals surface area contributed by atoms with E-state index in [2.05, 4.69) is 26.6 Å². The molecule has 0 aromatic carbocycles. The van der Waals surface area contributed by atoms with Crippen LogP contribution in [-0.2, 0) is 12.8 Å². The zero-order valence-corrected chi connectivity index (χ0v) is 11.9. The topological polar surface area (TPSA) is 60.0 Å². The van der Waals surface area contributed by atoms with E-state index in [1.165, 1.54) is 32.5 Å². The van der Waals surface area contributed by atoms with Crippen LogP contribution in [0.2, 0.25) is 0 Å². The zero-order chi connectivity index (χ0) is 13.2. The molecule has 0 spiro atoms. The van der Waals surface area contributed by atoms with Crippen LogP contribution in [0, 0.1) is 5.92 Å². The van der Waals surface area contributed by atoms with Crippen LogP contribution in [0.25, 0.3) is 0 Å². The summed E-state index contributed by atoms with van der Waals surface area (Å²) in [4.78, 5) is 2.53. The number of piperidine rings is 1. The van der Waals surface area contributed by atoms with Gasteiger partial charge in [0.25, 0.3) is 0 Å². The summed E-state index contributed by atoms with van der Waals surface area (Å²) in [5.74, 6) is 2.97. The maximum absolute atomic E-state index is 6.22. The number of nitrogens with two attached hydrogens (primary N) is 1. The molecule has 106 valence electrons. The van der Waals surface area contributed by atoms with Crippen LogP contribution < -0.4 is 5.73 Å². The Hall–Kier alpha value is -0.940. The molecule has 2 aliphatic rings. The molecule has 0 saturated carbocycles. The second-order valence-electron chi connectivity index (χ2n) is 5.94. The van der Waals surface area contributed by atoms with Gasteiger partial charge >= 0.3 is 0 Å². The van der Waals surface area contributed by atoms with Gasteiger partial charge in [-0.25, -0.2) is 0 Å². The van der Waals surface area contributed by atoms with E-state index >= 15 is 0 Å². The molecule has 2 N–H and O–H groups in total. The highest BCUT2D eigenvalue weighted by molar-refractivity contribution is 5.02. The van der Waals surface area contributed by atoms with Crippen LogP contribution in [0.1, 0.15) is 50.4 Å². The van der Waals surface area contributed by atoms with Crippen LogP contribution in [0.5, 0.6) is 0 Å². The summed E-state index contributed by atoms with van der Waals surface area (Å²) in [5.41, 5.74) is 6.22. The fourth-order valence-electron chi connectivity index (χ4n) is 3.42. The molecule has 3 rings (SSSR count). The minimum atomic E-state index is 0.101. The number of hydrogen-bond donors (Lipinski definition) is 1. The van der Waals surface area contributed by atoms with E-state index in [0.29, 0.717) is 0 Å². The van der Waals surface area contributed by atoms with Crippen LogP contribution >= 0.6 is 0 Å². The Morgan fingerprint density at radius 3 is 2.74 bits per heavy atom. The Labute approximate surface area is 115 Å². The quantitative estimate of drug-likeness (QED) is 0.894. The Bertz CT molecular complexity index is 419. The highest BCUT2D eigenvalue weighted by atomic mass is 15.3. The average Bonchev–Trinajstić information content (AvgIpc) is 2.84. The number of nitrogens with zero attached hydrogens (tertiary/aromatic N) is 4. The third-order valence-corrected chi connectivity index (χ3v) is 4.69.